The van der Waals surface area contributed by atoms with Crippen LogP contribution in [0.15, 0.2) is 30.3 Å². The number of amides is 1. The van der Waals surface area contributed by atoms with E-state index in [4.69, 9.17) is 14.2 Å². The molecule has 1 amide bonds. The number of hydrogen-bond acceptors (Lipinski definition) is 7. The van der Waals surface area contributed by atoms with Gasteiger partial charge in [-0.1, -0.05) is 0 Å². The first-order valence-electron chi connectivity index (χ1n) is 10.00. The monoisotopic (exact) mass is 398 g/mol. The van der Waals surface area contributed by atoms with Gasteiger partial charge in [0, 0.05) is 37.7 Å². The van der Waals surface area contributed by atoms with Crippen LogP contribution >= 0.6 is 0 Å². The van der Waals surface area contributed by atoms with E-state index in [0.29, 0.717) is 63.1 Å². The van der Waals surface area contributed by atoms with Gasteiger partial charge in [-0.2, -0.15) is 0 Å². The van der Waals surface area contributed by atoms with Gasteiger partial charge in [0.1, 0.15) is 23.1 Å². The molecule has 2 aliphatic rings. The highest BCUT2D eigenvalue weighted by Crippen LogP contribution is 2.31. The number of anilines is 2. The summed E-state index contributed by atoms with van der Waals surface area (Å²) in [4.78, 5) is 23.6. The van der Waals surface area contributed by atoms with Gasteiger partial charge in [-0.15, -0.1) is 0 Å². The molecule has 2 aliphatic heterocycles. The molecule has 1 aromatic carbocycles. The van der Waals surface area contributed by atoms with Gasteiger partial charge >= 0.3 is 0 Å². The zero-order chi connectivity index (χ0) is 20.3. The number of carbonyl (C=O) groups excluding carboxylic acids is 1. The summed E-state index contributed by atoms with van der Waals surface area (Å²) >= 11 is 0. The number of likely N-dealkylation sites (tertiary alicyclic amines) is 1. The fourth-order valence-corrected chi connectivity index (χ4v) is 3.69. The zero-order valence-electron chi connectivity index (χ0n) is 16.8. The number of nitrogens with one attached hydrogen (secondary N) is 1. The maximum atomic E-state index is 13.0. The second kappa shape index (κ2) is 8.34. The summed E-state index contributed by atoms with van der Waals surface area (Å²) in [5, 5.41) is 3.23. The summed E-state index contributed by atoms with van der Waals surface area (Å²) in [7, 11) is 0. The third kappa shape index (κ3) is 4.49. The molecule has 2 fully saturated rings. The fraction of sp³-hybridized carbons (Fsp3) is 0.476. The Morgan fingerprint density at radius 2 is 1.86 bits per heavy atom. The molecule has 0 bridgehead atoms. The van der Waals surface area contributed by atoms with Crippen molar-refractivity contribution in [2.45, 2.75) is 32.5 Å². The number of piperidine rings is 1. The molecule has 2 aromatic rings. The molecular weight excluding hydrogens is 372 g/mol. The van der Waals surface area contributed by atoms with Crippen molar-refractivity contribution >= 4 is 17.4 Å². The van der Waals surface area contributed by atoms with Crippen molar-refractivity contribution in [3.8, 4) is 5.75 Å². The van der Waals surface area contributed by atoms with Crippen LogP contribution in [-0.4, -0.2) is 59.5 Å². The van der Waals surface area contributed by atoms with Crippen LogP contribution in [0.25, 0.3) is 0 Å². The number of benzene rings is 1. The van der Waals surface area contributed by atoms with Gasteiger partial charge in [0.05, 0.1) is 19.8 Å². The molecule has 0 unspecified atom stereocenters. The van der Waals surface area contributed by atoms with Crippen LogP contribution in [0.4, 0.5) is 11.5 Å². The number of aromatic nitrogens is 2. The molecule has 154 valence electrons. The first kappa shape index (κ1) is 19.6. The molecule has 29 heavy (non-hydrogen) atoms. The van der Waals surface area contributed by atoms with E-state index in [1.54, 1.807) is 17.9 Å². The summed E-state index contributed by atoms with van der Waals surface area (Å²) in [5.41, 5.74) is 1.25. The minimum absolute atomic E-state index is 0.0990. The average molecular weight is 398 g/mol. The molecule has 8 nitrogen and oxygen atoms in total. The lowest BCUT2D eigenvalue weighted by Crippen LogP contribution is -2.47. The normalized spacial score (nSPS) is 18.1. The van der Waals surface area contributed by atoms with Crippen molar-refractivity contribution in [3.05, 3.63) is 41.9 Å². The lowest BCUT2D eigenvalue weighted by molar-refractivity contribution is -0.181. The maximum Gasteiger partial charge on any atom is 0.272 e. The summed E-state index contributed by atoms with van der Waals surface area (Å²) in [6, 6.07) is 9.30. The maximum absolute atomic E-state index is 13.0. The molecule has 1 aromatic heterocycles. The van der Waals surface area contributed by atoms with E-state index in [1.807, 2.05) is 31.2 Å². The molecule has 2 saturated heterocycles. The smallest absolute Gasteiger partial charge is 0.272 e. The molecule has 3 heterocycles. The van der Waals surface area contributed by atoms with E-state index in [1.165, 1.54) is 0 Å². The number of carbonyl (C=O) groups is 1. The van der Waals surface area contributed by atoms with Crippen molar-refractivity contribution in [3.63, 3.8) is 0 Å². The van der Waals surface area contributed by atoms with Crippen molar-refractivity contribution in [2.75, 3.05) is 38.2 Å². The minimum Gasteiger partial charge on any atom is -0.494 e. The molecule has 0 atom stereocenters. The van der Waals surface area contributed by atoms with Gasteiger partial charge < -0.3 is 24.4 Å². The zero-order valence-corrected chi connectivity index (χ0v) is 16.8. The third-order valence-electron chi connectivity index (χ3n) is 5.12. The first-order chi connectivity index (χ1) is 14.1. The van der Waals surface area contributed by atoms with Gasteiger partial charge in [-0.25, -0.2) is 9.97 Å². The Labute approximate surface area is 170 Å². The van der Waals surface area contributed by atoms with Gasteiger partial charge in [-0.3, -0.25) is 4.79 Å². The molecule has 0 radical (unpaired) electrons. The molecule has 1 N–H and O–H groups in total. The summed E-state index contributed by atoms with van der Waals surface area (Å²) < 4.78 is 16.9. The Hall–Kier alpha value is -2.71. The summed E-state index contributed by atoms with van der Waals surface area (Å²) in [6.07, 6.45) is 1.36. The highest BCUT2D eigenvalue weighted by Gasteiger charge is 2.41. The van der Waals surface area contributed by atoms with Crippen LogP contribution in [0.2, 0.25) is 0 Å². The molecule has 0 saturated carbocycles. The van der Waals surface area contributed by atoms with Gasteiger partial charge in [0.25, 0.3) is 5.91 Å². The highest BCUT2D eigenvalue weighted by molar-refractivity contribution is 5.93. The molecule has 4 rings (SSSR count). The number of nitrogens with zero attached hydrogens (tertiary/aromatic N) is 3. The van der Waals surface area contributed by atoms with E-state index in [2.05, 4.69) is 15.3 Å². The Kier molecular flexibility index (Phi) is 5.64. The van der Waals surface area contributed by atoms with E-state index in [9.17, 15) is 4.79 Å². The lowest BCUT2D eigenvalue weighted by atomic mass is 10.0. The molecule has 1 spiro atoms. The van der Waals surface area contributed by atoms with Gasteiger partial charge in [0.15, 0.2) is 5.79 Å². The van der Waals surface area contributed by atoms with Crippen LogP contribution in [0.3, 0.4) is 0 Å². The lowest BCUT2D eigenvalue weighted by Gasteiger charge is -2.37. The van der Waals surface area contributed by atoms with Crippen molar-refractivity contribution in [1.82, 2.24) is 14.9 Å². The number of rotatable bonds is 5. The van der Waals surface area contributed by atoms with E-state index < -0.39 is 5.79 Å². The highest BCUT2D eigenvalue weighted by atomic mass is 16.7. The quantitative estimate of drug-likeness (QED) is 0.829. The molecule has 8 heteroatoms. The largest absolute Gasteiger partial charge is 0.494 e. The standard InChI is InChI=1S/C21H26N4O4/c1-3-27-17-6-4-16(5-7-17)24-19-14-18(22-15(2)23-19)20(26)25-10-8-21(9-11-25)28-12-13-29-21/h4-7,14H,3,8-13H2,1-2H3,(H,22,23,24). The number of hydrogen-bond donors (Lipinski definition) is 1. The van der Waals surface area contributed by atoms with E-state index in [-0.39, 0.29) is 5.91 Å². The van der Waals surface area contributed by atoms with Crippen LogP contribution in [-0.2, 0) is 9.47 Å². The van der Waals surface area contributed by atoms with Crippen molar-refractivity contribution < 1.29 is 19.0 Å². The minimum atomic E-state index is -0.501. The van der Waals surface area contributed by atoms with Crippen molar-refractivity contribution in [2.24, 2.45) is 0 Å². The fourth-order valence-electron chi connectivity index (χ4n) is 3.69. The second-order valence-electron chi connectivity index (χ2n) is 7.17. The summed E-state index contributed by atoms with van der Waals surface area (Å²) in [5.74, 6) is 1.34. The Morgan fingerprint density at radius 3 is 2.52 bits per heavy atom. The molecular formula is C21H26N4O4. The Morgan fingerprint density at radius 1 is 1.17 bits per heavy atom. The van der Waals surface area contributed by atoms with Crippen molar-refractivity contribution in [1.29, 1.82) is 0 Å². The first-order valence-corrected chi connectivity index (χ1v) is 10.00. The van der Waals surface area contributed by atoms with Crippen LogP contribution in [0.1, 0.15) is 36.1 Å². The third-order valence-corrected chi connectivity index (χ3v) is 5.12. The van der Waals surface area contributed by atoms with Crippen LogP contribution in [0.5, 0.6) is 5.75 Å². The molecule has 0 aliphatic carbocycles. The predicted octanol–water partition coefficient (Wildman–Crippen LogP) is 2.91. The van der Waals surface area contributed by atoms with E-state index in [0.717, 1.165) is 11.4 Å². The Bertz CT molecular complexity index is 855. The van der Waals surface area contributed by atoms with Gasteiger partial charge in [0.2, 0.25) is 0 Å². The topological polar surface area (TPSA) is 85.8 Å². The number of aryl methyl sites for hydroxylation is 1. The average Bonchev–Trinajstić information content (AvgIpc) is 3.17. The van der Waals surface area contributed by atoms with Crippen LogP contribution in [0, 0.1) is 6.92 Å². The van der Waals surface area contributed by atoms with Gasteiger partial charge in [-0.05, 0) is 38.1 Å². The van der Waals surface area contributed by atoms with E-state index >= 15 is 0 Å². The second-order valence-corrected chi connectivity index (χ2v) is 7.17. The summed E-state index contributed by atoms with van der Waals surface area (Å²) in [6.45, 7) is 6.78. The Balaban J connectivity index is 1.44. The predicted molar refractivity (Wildman–Crippen MR) is 107 cm³/mol. The SMILES string of the molecule is CCOc1ccc(Nc2cc(C(=O)N3CCC4(CC3)OCCO4)nc(C)n2)cc1. The number of ether oxygens (including phenoxy) is 3. The van der Waals surface area contributed by atoms with Crippen LogP contribution < -0.4 is 10.1 Å².